The molecule has 0 radical (unpaired) electrons. The van der Waals surface area contributed by atoms with Gasteiger partial charge in [-0.15, -0.1) is 11.3 Å². The first-order valence-electron chi connectivity index (χ1n) is 11.1. The average molecular weight is 476 g/mol. The van der Waals surface area contributed by atoms with Crippen LogP contribution in [0, 0.1) is 11.8 Å². The van der Waals surface area contributed by atoms with Crippen LogP contribution in [0.5, 0.6) is 5.75 Å². The minimum atomic E-state index is -1.06. The van der Waals surface area contributed by atoms with Crippen LogP contribution in [-0.2, 0) is 0 Å². The lowest BCUT2D eigenvalue weighted by Crippen LogP contribution is -2.43. The van der Waals surface area contributed by atoms with Crippen molar-refractivity contribution >= 4 is 34.0 Å². The molecule has 32 heavy (non-hydrogen) atoms. The Hall–Kier alpha value is -1.74. The number of nitrogens with zero attached hydrogens (tertiary/aromatic N) is 3. The predicted octanol–water partition coefficient (Wildman–Crippen LogP) is 5.21. The maximum absolute atomic E-state index is 15.3. The van der Waals surface area contributed by atoms with E-state index in [2.05, 4.69) is 14.9 Å². The maximum Gasteiger partial charge on any atom is 0.149 e. The zero-order chi connectivity index (χ0) is 22.3. The third-order valence-electron chi connectivity index (χ3n) is 6.36. The molecule has 0 bridgehead atoms. The molecule has 2 aromatic heterocycles. The summed E-state index contributed by atoms with van der Waals surface area (Å²) in [5.74, 6) is 2.26. The molecule has 0 saturated carbocycles. The molecule has 0 amide bonds. The highest BCUT2D eigenvalue weighted by Gasteiger charge is 2.29. The van der Waals surface area contributed by atoms with Crippen LogP contribution < -0.4 is 4.74 Å². The van der Waals surface area contributed by atoms with Gasteiger partial charge in [0, 0.05) is 48.6 Å². The van der Waals surface area contributed by atoms with E-state index < -0.39 is 6.17 Å². The number of pyridine rings is 1. The van der Waals surface area contributed by atoms with Crippen molar-refractivity contribution in [3.63, 3.8) is 0 Å². The van der Waals surface area contributed by atoms with Crippen LogP contribution >= 0.6 is 23.1 Å². The van der Waals surface area contributed by atoms with Gasteiger partial charge in [0.05, 0.1) is 12.6 Å². The summed E-state index contributed by atoms with van der Waals surface area (Å²) in [6, 6.07) is 7.36. The summed E-state index contributed by atoms with van der Waals surface area (Å²) >= 11 is 3.46. The Morgan fingerprint density at radius 1 is 1.28 bits per heavy atom. The molecule has 1 aromatic carbocycles. The molecule has 3 heterocycles. The van der Waals surface area contributed by atoms with Crippen molar-refractivity contribution in [2.45, 2.75) is 29.8 Å². The van der Waals surface area contributed by atoms with Gasteiger partial charge in [-0.05, 0) is 67.5 Å². The molecule has 4 rings (SSSR count). The molecule has 0 spiro atoms. The second kappa shape index (κ2) is 11.4. The fourth-order valence-corrected chi connectivity index (χ4v) is 6.26. The molecule has 1 aliphatic heterocycles. The van der Waals surface area contributed by atoms with E-state index in [1.807, 2.05) is 29.8 Å². The number of likely N-dealkylation sites (tertiary alicyclic amines) is 1. The highest BCUT2D eigenvalue weighted by Crippen LogP contribution is 2.35. The number of ether oxygens (including phenoxy) is 1. The summed E-state index contributed by atoms with van der Waals surface area (Å²) in [4.78, 5) is 11.1. The number of thiazole rings is 1. The molecule has 3 atom stereocenters. The lowest BCUT2D eigenvalue weighted by molar-refractivity contribution is 0.0672. The van der Waals surface area contributed by atoms with Crippen molar-refractivity contribution in [3.8, 4) is 5.75 Å². The highest BCUT2D eigenvalue weighted by atomic mass is 32.2. The molecule has 1 N–H and O–H groups in total. The van der Waals surface area contributed by atoms with Crippen LogP contribution in [-0.4, -0.2) is 59.1 Å². The van der Waals surface area contributed by atoms with Gasteiger partial charge in [0.1, 0.15) is 16.3 Å². The first-order chi connectivity index (χ1) is 15.7. The number of halogens is 1. The van der Waals surface area contributed by atoms with Gasteiger partial charge in [-0.1, -0.05) is 11.8 Å². The van der Waals surface area contributed by atoms with E-state index >= 15 is 4.39 Å². The van der Waals surface area contributed by atoms with Crippen molar-refractivity contribution in [3.05, 3.63) is 47.6 Å². The molecule has 8 heteroatoms. The molecule has 3 aromatic rings. The summed E-state index contributed by atoms with van der Waals surface area (Å²) in [7, 11) is 1.61. The number of aliphatic hydroxyl groups is 1. The van der Waals surface area contributed by atoms with Crippen LogP contribution in [0.2, 0.25) is 0 Å². The van der Waals surface area contributed by atoms with Crippen LogP contribution in [0.3, 0.4) is 0 Å². The smallest absolute Gasteiger partial charge is 0.149 e. The Kier molecular flexibility index (Phi) is 8.35. The Balaban J connectivity index is 1.31. The van der Waals surface area contributed by atoms with E-state index in [4.69, 9.17) is 4.74 Å². The quantitative estimate of drug-likeness (QED) is 0.406. The number of methoxy groups -OCH3 is 1. The standard InChI is InChI=1S/C24H30FN3O2S2/c1-30-19-3-5-23-21(14-19)20(6-8-26-23)22(25)4-2-17-7-10-28(15-18(17)16-29)11-13-32-24-27-9-12-31-24/h3,5-6,8-9,12,14,17-18,22,29H,2,4,7,10-11,13,15-16H2,1H3/t17-,18-,22?/m1/s1. The lowest BCUT2D eigenvalue weighted by Gasteiger charge is -2.38. The Morgan fingerprint density at radius 2 is 2.19 bits per heavy atom. The molecule has 1 unspecified atom stereocenters. The number of rotatable bonds is 10. The summed E-state index contributed by atoms with van der Waals surface area (Å²) in [5.41, 5.74) is 1.45. The van der Waals surface area contributed by atoms with Gasteiger partial charge < -0.3 is 14.7 Å². The number of piperidine rings is 1. The van der Waals surface area contributed by atoms with Gasteiger partial charge in [0.2, 0.25) is 0 Å². The minimum absolute atomic E-state index is 0.160. The number of thioether (sulfide) groups is 1. The molecule has 1 saturated heterocycles. The van der Waals surface area contributed by atoms with Gasteiger partial charge in [0.25, 0.3) is 0 Å². The summed E-state index contributed by atoms with van der Waals surface area (Å²) in [6.45, 7) is 3.04. The molecule has 5 nitrogen and oxygen atoms in total. The average Bonchev–Trinajstić information content (AvgIpc) is 3.35. The third kappa shape index (κ3) is 5.78. The fourth-order valence-electron chi connectivity index (χ4n) is 4.55. The number of hydrogen-bond acceptors (Lipinski definition) is 7. The number of hydrogen-bond donors (Lipinski definition) is 1. The second-order valence-electron chi connectivity index (χ2n) is 8.27. The van der Waals surface area contributed by atoms with E-state index in [1.54, 1.807) is 42.5 Å². The van der Waals surface area contributed by atoms with Crippen molar-refractivity contribution in [1.29, 1.82) is 0 Å². The van der Waals surface area contributed by atoms with E-state index in [0.29, 0.717) is 23.7 Å². The number of aliphatic hydroxyl groups excluding tert-OH is 1. The van der Waals surface area contributed by atoms with Crippen LogP contribution in [0.25, 0.3) is 10.9 Å². The molecular formula is C24H30FN3O2S2. The van der Waals surface area contributed by atoms with E-state index in [9.17, 15) is 5.11 Å². The fraction of sp³-hybridized carbons (Fsp3) is 0.500. The van der Waals surface area contributed by atoms with Crippen LogP contribution in [0.15, 0.2) is 46.4 Å². The molecule has 1 aliphatic rings. The van der Waals surface area contributed by atoms with Gasteiger partial charge in [-0.25, -0.2) is 9.37 Å². The number of alkyl halides is 1. The Labute approximate surface area is 197 Å². The van der Waals surface area contributed by atoms with E-state index in [0.717, 1.165) is 53.5 Å². The molecule has 1 fully saturated rings. The van der Waals surface area contributed by atoms with Crippen molar-refractivity contribution < 1.29 is 14.2 Å². The second-order valence-corrected chi connectivity index (χ2v) is 10.5. The third-order valence-corrected chi connectivity index (χ3v) is 8.31. The summed E-state index contributed by atoms with van der Waals surface area (Å²) < 4.78 is 21.7. The normalized spacial score (nSPS) is 20.5. The maximum atomic E-state index is 15.3. The zero-order valence-corrected chi connectivity index (χ0v) is 20.0. The van der Waals surface area contributed by atoms with Gasteiger partial charge in [-0.3, -0.25) is 4.98 Å². The zero-order valence-electron chi connectivity index (χ0n) is 18.3. The SMILES string of the molecule is COc1ccc2nccc(C(F)CC[C@@H]3CCN(CCSc4nccs4)C[C@@H]3CO)c2c1. The minimum Gasteiger partial charge on any atom is -0.497 e. The molecule has 172 valence electrons. The van der Waals surface area contributed by atoms with Crippen molar-refractivity contribution in [2.75, 3.05) is 39.1 Å². The first-order valence-corrected chi connectivity index (χ1v) is 13.0. The number of aromatic nitrogens is 2. The topological polar surface area (TPSA) is 58.5 Å². The first kappa shape index (κ1) is 23.4. The predicted molar refractivity (Wildman–Crippen MR) is 129 cm³/mol. The summed E-state index contributed by atoms with van der Waals surface area (Å²) in [5, 5.41) is 12.8. The summed E-state index contributed by atoms with van der Waals surface area (Å²) in [6.07, 6.45) is 4.70. The van der Waals surface area contributed by atoms with Crippen LogP contribution in [0.1, 0.15) is 31.0 Å². The largest absolute Gasteiger partial charge is 0.497 e. The number of fused-ring (bicyclic) bond motifs is 1. The Bertz CT molecular complexity index is 989. The van der Waals surface area contributed by atoms with Gasteiger partial charge >= 0.3 is 0 Å². The highest BCUT2D eigenvalue weighted by molar-refractivity contribution is 8.01. The van der Waals surface area contributed by atoms with Gasteiger partial charge in [0.15, 0.2) is 0 Å². The van der Waals surface area contributed by atoms with E-state index in [1.165, 1.54) is 0 Å². The van der Waals surface area contributed by atoms with Crippen molar-refractivity contribution in [2.24, 2.45) is 11.8 Å². The van der Waals surface area contributed by atoms with Crippen LogP contribution in [0.4, 0.5) is 4.39 Å². The molecule has 0 aliphatic carbocycles. The lowest BCUT2D eigenvalue weighted by atomic mass is 9.81. The van der Waals surface area contributed by atoms with E-state index in [-0.39, 0.29) is 12.5 Å². The monoisotopic (exact) mass is 475 g/mol. The van der Waals surface area contributed by atoms with Gasteiger partial charge in [-0.2, -0.15) is 0 Å². The number of benzene rings is 1. The van der Waals surface area contributed by atoms with Crippen molar-refractivity contribution in [1.82, 2.24) is 14.9 Å². The molecular weight excluding hydrogens is 445 g/mol. The Morgan fingerprint density at radius 3 is 2.97 bits per heavy atom.